The fourth-order valence-electron chi connectivity index (χ4n) is 3.07. The number of hydrogen-bond donors (Lipinski definition) is 2. The molecule has 4 rings (SSSR count). The van der Waals surface area contributed by atoms with Crippen molar-refractivity contribution in [1.29, 1.82) is 0 Å². The van der Waals surface area contributed by atoms with Crippen LogP contribution in [-0.2, 0) is 19.7 Å². The molecule has 2 N–H and O–H groups in total. The highest BCUT2D eigenvalue weighted by molar-refractivity contribution is 7.91. The van der Waals surface area contributed by atoms with Gasteiger partial charge in [0.25, 0.3) is 0 Å². The Kier molecular flexibility index (Phi) is 5.84. The van der Waals surface area contributed by atoms with E-state index in [1.165, 1.54) is 84.9 Å². The molecule has 0 atom stereocenters. The first-order chi connectivity index (χ1) is 15.7. The average Bonchev–Trinajstić information content (AvgIpc) is 2.80. The molecular formula is C24H18O7S2. The third-order valence-electron chi connectivity index (χ3n) is 4.76. The van der Waals surface area contributed by atoms with Crippen molar-refractivity contribution in [2.24, 2.45) is 0 Å². The van der Waals surface area contributed by atoms with Crippen molar-refractivity contribution in [1.82, 2.24) is 0 Å². The maximum atomic E-state index is 12.9. The summed E-state index contributed by atoms with van der Waals surface area (Å²) >= 11 is 0. The third kappa shape index (κ3) is 4.69. The van der Waals surface area contributed by atoms with Crippen molar-refractivity contribution < 1.29 is 31.8 Å². The van der Waals surface area contributed by atoms with Crippen LogP contribution < -0.4 is 4.74 Å². The fourth-order valence-corrected chi connectivity index (χ4v) is 5.66. The lowest BCUT2D eigenvalue weighted by Gasteiger charge is -2.10. The molecule has 168 valence electrons. The van der Waals surface area contributed by atoms with Crippen LogP contribution in [0.4, 0.5) is 0 Å². The van der Waals surface area contributed by atoms with Crippen molar-refractivity contribution >= 4 is 19.7 Å². The van der Waals surface area contributed by atoms with Gasteiger partial charge < -0.3 is 14.9 Å². The predicted octanol–water partition coefficient (Wildman–Crippen LogP) is 4.56. The zero-order chi connectivity index (χ0) is 23.6. The van der Waals surface area contributed by atoms with E-state index in [9.17, 15) is 27.0 Å². The number of ether oxygens (including phenoxy) is 1. The van der Waals surface area contributed by atoms with Gasteiger partial charge in [0.1, 0.15) is 23.0 Å². The Morgan fingerprint density at radius 2 is 0.848 bits per heavy atom. The van der Waals surface area contributed by atoms with Gasteiger partial charge >= 0.3 is 0 Å². The molecule has 0 saturated heterocycles. The molecule has 4 aromatic carbocycles. The van der Waals surface area contributed by atoms with Crippen LogP contribution in [0.25, 0.3) is 0 Å². The van der Waals surface area contributed by atoms with E-state index in [0.717, 1.165) is 0 Å². The maximum absolute atomic E-state index is 12.9. The van der Waals surface area contributed by atoms with E-state index >= 15 is 0 Å². The van der Waals surface area contributed by atoms with Gasteiger partial charge in [-0.2, -0.15) is 0 Å². The van der Waals surface area contributed by atoms with Gasteiger partial charge in [0, 0.05) is 0 Å². The molecule has 0 aliphatic heterocycles. The van der Waals surface area contributed by atoms with Gasteiger partial charge in [-0.15, -0.1) is 0 Å². The van der Waals surface area contributed by atoms with Gasteiger partial charge in [-0.1, -0.05) is 12.1 Å². The van der Waals surface area contributed by atoms with Crippen LogP contribution in [0.3, 0.4) is 0 Å². The van der Waals surface area contributed by atoms with E-state index in [2.05, 4.69) is 0 Å². The van der Waals surface area contributed by atoms with Gasteiger partial charge in [-0.05, 0) is 84.9 Å². The fraction of sp³-hybridized carbons (Fsp3) is 0. The summed E-state index contributed by atoms with van der Waals surface area (Å²) in [6.45, 7) is 0. The van der Waals surface area contributed by atoms with Crippen LogP contribution >= 0.6 is 0 Å². The lowest BCUT2D eigenvalue weighted by molar-refractivity contribution is 0.474. The Balaban J connectivity index is 1.63. The first-order valence-corrected chi connectivity index (χ1v) is 12.6. The smallest absolute Gasteiger partial charge is 0.206 e. The van der Waals surface area contributed by atoms with E-state index in [1.807, 2.05) is 0 Å². The summed E-state index contributed by atoms with van der Waals surface area (Å²) in [5, 5.41) is 18.8. The van der Waals surface area contributed by atoms with Crippen molar-refractivity contribution in [3.05, 3.63) is 97.1 Å². The first-order valence-electron chi connectivity index (χ1n) is 9.62. The minimum atomic E-state index is -3.85. The molecule has 9 heteroatoms. The van der Waals surface area contributed by atoms with Crippen LogP contribution in [0.1, 0.15) is 0 Å². The summed E-state index contributed by atoms with van der Waals surface area (Å²) in [7, 11) is -7.70. The molecule has 0 heterocycles. The van der Waals surface area contributed by atoms with Crippen molar-refractivity contribution in [3.8, 4) is 23.0 Å². The Labute approximate surface area is 191 Å². The van der Waals surface area contributed by atoms with E-state index in [4.69, 9.17) is 4.74 Å². The lowest BCUT2D eigenvalue weighted by atomic mass is 10.3. The molecule has 0 fully saturated rings. The van der Waals surface area contributed by atoms with E-state index in [1.54, 1.807) is 12.1 Å². The summed E-state index contributed by atoms with van der Waals surface area (Å²) in [6.07, 6.45) is 0. The van der Waals surface area contributed by atoms with Gasteiger partial charge in [0.05, 0.1) is 19.6 Å². The quantitative estimate of drug-likeness (QED) is 0.414. The summed E-state index contributed by atoms with van der Waals surface area (Å²) in [4.78, 5) is -0.00371. The third-order valence-corrected chi connectivity index (χ3v) is 8.30. The molecule has 0 amide bonds. The highest BCUT2D eigenvalue weighted by Crippen LogP contribution is 2.30. The normalized spacial score (nSPS) is 11.8. The SMILES string of the molecule is O=S(=O)(c1ccc(O)cc1)c1cccc(Oc2cccc(S(=O)(=O)c3ccc(O)cc3)c2)c1. The number of phenolic OH excluding ortho intramolecular Hbond substituents is 2. The molecule has 0 unspecified atom stereocenters. The zero-order valence-corrected chi connectivity index (χ0v) is 18.6. The van der Waals surface area contributed by atoms with Crippen molar-refractivity contribution in [2.75, 3.05) is 0 Å². The molecule has 0 aliphatic rings. The number of rotatable bonds is 6. The molecule has 4 aromatic rings. The predicted molar refractivity (Wildman–Crippen MR) is 120 cm³/mol. The second-order valence-electron chi connectivity index (χ2n) is 7.05. The number of aromatic hydroxyl groups is 2. The molecule has 0 aliphatic carbocycles. The van der Waals surface area contributed by atoms with Gasteiger partial charge in [0.2, 0.25) is 19.7 Å². The first kappa shape index (κ1) is 22.4. The van der Waals surface area contributed by atoms with Crippen LogP contribution in [0.2, 0.25) is 0 Å². The zero-order valence-electron chi connectivity index (χ0n) is 17.0. The largest absolute Gasteiger partial charge is 0.508 e. The minimum absolute atomic E-state index is 0.0134. The number of sulfone groups is 2. The molecule has 0 aromatic heterocycles. The number of hydrogen-bond acceptors (Lipinski definition) is 7. The van der Waals surface area contributed by atoms with Crippen LogP contribution in [0, 0.1) is 0 Å². The van der Waals surface area contributed by atoms with Gasteiger partial charge in [-0.3, -0.25) is 0 Å². The van der Waals surface area contributed by atoms with Crippen molar-refractivity contribution in [3.63, 3.8) is 0 Å². The van der Waals surface area contributed by atoms with Crippen LogP contribution in [0.15, 0.2) is 117 Å². The standard InChI is InChI=1S/C24H18O7S2/c25-17-7-11-21(12-8-17)32(27,28)23-5-1-3-19(15-23)31-20-4-2-6-24(16-20)33(29,30)22-13-9-18(26)10-14-22/h1-16,25-26H. The van der Waals surface area contributed by atoms with Gasteiger partial charge in [-0.25, -0.2) is 16.8 Å². The monoisotopic (exact) mass is 482 g/mol. The summed E-state index contributed by atoms with van der Waals surface area (Å²) in [5.41, 5.74) is 0. The Bertz CT molecular complexity index is 1390. The molecule has 7 nitrogen and oxygen atoms in total. The maximum Gasteiger partial charge on any atom is 0.206 e. The summed E-state index contributed by atoms with van der Waals surface area (Å²) in [6, 6.07) is 22.0. The molecule has 0 radical (unpaired) electrons. The van der Waals surface area contributed by atoms with Crippen molar-refractivity contribution in [2.45, 2.75) is 19.6 Å². The van der Waals surface area contributed by atoms with Crippen LogP contribution in [-0.4, -0.2) is 27.0 Å². The molecule has 0 bridgehead atoms. The Hall–Kier alpha value is -3.82. The highest BCUT2D eigenvalue weighted by atomic mass is 32.2. The molecule has 0 saturated carbocycles. The highest BCUT2D eigenvalue weighted by Gasteiger charge is 2.20. The van der Waals surface area contributed by atoms with Gasteiger partial charge in [0.15, 0.2) is 0 Å². The Morgan fingerprint density at radius 3 is 1.21 bits per heavy atom. The van der Waals surface area contributed by atoms with E-state index in [0.29, 0.717) is 0 Å². The van der Waals surface area contributed by atoms with Crippen LogP contribution in [0.5, 0.6) is 23.0 Å². The minimum Gasteiger partial charge on any atom is -0.508 e. The lowest BCUT2D eigenvalue weighted by Crippen LogP contribution is -2.02. The number of benzene rings is 4. The number of phenols is 2. The second-order valence-corrected chi connectivity index (χ2v) is 10.9. The van der Waals surface area contributed by atoms with E-state index < -0.39 is 19.7 Å². The Morgan fingerprint density at radius 1 is 0.485 bits per heavy atom. The average molecular weight is 483 g/mol. The van der Waals surface area contributed by atoms with E-state index in [-0.39, 0.29) is 42.6 Å². The molecule has 33 heavy (non-hydrogen) atoms. The second kappa shape index (κ2) is 8.61. The topological polar surface area (TPSA) is 118 Å². The molecule has 0 spiro atoms. The summed E-state index contributed by atoms with van der Waals surface area (Å²) in [5.74, 6) is 0.310. The summed E-state index contributed by atoms with van der Waals surface area (Å²) < 4.78 is 57.3. The molecular weight excluding hydrogens is 464 g/mol.